The van der Waals surface area contributed by atoms with Gasteiger partial charge in [-0.25, -0.2) is 4.99 Å². The van der Waals surface area contributed by atoms with E-state index >= 15 is 0 Å². The second-order valence-electron chi connectivity index (χ2n) is 6.15. The molecule has 0 radical (unpaired) electrons. The fourth-order valence-electron chi connectivity index (χ4n) is 2.76. The molecule has 156 valence electrons. The SMILES string of the molecule is CCNC(=NCc1cc(OC)c(OC)c(OC)c1)NCc1cccc(C(N)=O)c1. The predicted octanol–water partition coefficient (Wildman–Crippen LogP) is 2.07. The standard InChI is InChI=1S/C21H28N4O4/c1-5-23-21(24-12-14-7-6-8-16(9-14)20(22)26)25-13-15-10-17(27-2)19(29-4)18(11-15)28-3/h6-11H,5,12-13H2,1-4H3,(H2,22,26)(H2,23,24,25). The first-order valence-electron chi connectivity index (χ1n) is 9.22. The van der Waals surface area contributed by atoms with E-state index in [0.717, 1.165) is 11.1 Å². The van der Waals surface area contributed by atoms with Gasteiger partial charge in [-0.3, -0.25) is 4.79 Å². The number of nitrogens with zero attached hydrogens (tertiary/aromatic N) is 1. The average molecular weight is 400 g/mol. The van der Waals surface area contributed by atoms with E-state index in [9.17, 15) is 4.79 Å². The Labute approximate surface area is 171 Å². The van der Waals surface area contributed by atoms with E-state index in [0.29, 0.717) is 48.4 Å². The number of hydrogen-bond donors (Lipinski definition) is 3. The van der Waals surface area contributed by atoms with E-state index in [1.54, 1.807) is 39.5 Å². The van der Waals surface area contributed by atoms with E-state index in [1.807, 2.05) is 25.1 Å². The van der Waals surface area contributed by atoms with Gasteiger partial charge in [0.15, 0.2) is 17.5 Å². The maximum absolute atomic E-state index is 11.3. The molecule has 0 saturated heterocycles. The molecule has 0 aliphatic carbocycles. The summed E-state index contributed by atoms with van der Waals surface area (Å²) in [7, 11) is 4.73. The van der Waals surface area contributed by atoms with Gasteiger partial charge in [-0.1, -0.05) is 12.1 Å². The highest BCUT2D eigenvalue weighted by molar-refractivity contribution is 5.92. The van der Waals surface area contributed by atoms with Crippen molar-refractivity contribution < 1.29 is 19.0 Å². The second kappa shape index (κ2) is 10.8. The molecular formula is C21H28N4O4. The average Bonchev–Trinajstić information content (AvgIpc) is 2.74. The highest BCUT2D eigenvalue weighted by atomic mass is 16.5. The van der Waals surface area contributed by atoms with Crippen LogP contribution < -0.4 is 30.6 Å². The minimum Gasteiger partial charge on any atom is -0.493 e. The molecule has 0 unspecified atom stereocenters. The molecule has 4 N–H and O–H groups in total. The van der Waals surface area contributed by atoms with Crippen molar-refractivity contribution in [2.24, 2.45) is 10.7 Å². The number of aliphatic imine (C=N–C) groups is 1. The first-order chi connectivity index (χ1) is 14.0. The third-order valence-corrected chi connectivity index (χ3v) is 4.16. The van der Waals surface area contributed by atoms with Gasteiger partial charge >= 0.3 is 0 Å². The fourth-order valence-corrected chi connectivity index (χ4v) is 2.76. The number of carbonyl (C=O) groups excluding carboxylic acids is 1. The largest absolute Gasteiger partial charge is 0.493 e. The van der Waals surface area contributed by atoms with Gasteiger partial charge in [0, 0.05) is 18.7 Å². The van der Waals surface area contributed by atoms with Gasteiger partial charge in [0.2, 0.25) is 11.7 Å². The number of rotatable bonds is 9. The zero-order valence-corrected chi connectivity index (χ0v) is 17.2. The van der Waals surface area contributed by atoms with E-state index in [1.165, 1.54) is 0 Å². The maximum Gasteiger partial charge on any atom is 0.248 e. The van der Waals surface area contributed by atoms with Gasteiger partial charge in [0.1, 0.15) is 0 Å². The van der Waals surface area contributed by atoms with Crippen LogP contribution in [0.15, 0.2) is 41.4 Å². The van der Waals surface area contributed by atoms with Crippen molar-refractivity contribution in [3.05, 3.63) is 53.1 Å². The molecule has 0 bridgehead atoms. The lowest BCUT2D eigenvalue weighted by molar-refractivity contribution is 0.1000. The molecular weight excluding hydrogens is 372 g/mol. The predicted molar refractivity (Wildman–Crippen MR) is 113 cm³/mol. The molecule has 0 fully saturated rings. The Morgan fingerprint density at radius 3 is 2.24 bits per heavy atom. The van der Waals surface area contributed by atoms with Crippen LogP contribution in [0.2, 0.25) is 0 Å². The van der Waals surface area contributed by atoms with Gasteiger partial charge in [-0.05, 0) is 42.3 Å². The van der Waals surface area contributed by atoms with Crippen molar-refractivity contribution in [1.29, 1.82) is 0 Å². The second-order valence-corrected chi connectivity index (χ2v) is 6.15. The van der Waals surface area contributed by atoms with Gasteiger partial charge in [-0.2, -0.15) is 0 Å². The zero-order chi connectivity index (χ0) is 21.2. The quantitative estimate of drug-likeness (QED) is 0.439. The monoisotopic (exact) mass is 400 g/mol. The number of guanidine groups is 1. The Morgan fingerprint density at radius 2 is 1.69 bits per heavy atom. The van der Waals surface area contributed by atoms with Crippen LogP contribution in [0.5, 0.6) is 17.2 Å². The minimum absolute atomic E-state index is 0.410. The number of amides is 1. The molecule has 2 aromatic carbocycles. The molecule has 0 aromatic heterocycles. The molecule has 1 amide bonds. The maximum atomic E-state index is 11.3. The number of nitrogens with one attached hydrogen (secondary N) is 2. The van der Waals surface area contributed by atoms with Crippen LogP contribution in [0.1, 0.15) is 28.4 Å². The molecule has 29 heavy (non-hydrogen) atoms. The third-order valence-electron chi connectivity index (χ3n) is 4.16. The molecule has 2 rings (SSSR count). The Kier molecular flexibility index (Phi) is 8.14. The van der Waals surface area contributed by atoms with Gasteiger partial charge in [0.05, 0.1) is 27.9 Å². The lowest BCUT2D eigenvalue weighted by Crippen LogP contribution is -2.36. The Morgan fingerprint density at radius 1 is 1.00 bits per heavy atom. The zero-order valence-electron chi connectivity index (χ0n) is 17.2. The Balaban J connectivity index is 2.14. The number of ether oxygens (including phenoxy) is 3. The molecule has 0 spiro atoms. The molecule has 8 heteroatoms. The van der Waals surface area contributed by atoms with E-state index in [-0.39, 0.29) is 0 Å². The van der Waals surface area contributed by atoms with Crippen molar-refractivity contribution in [3.8, 4) is 17.2 Å². The van der Waals surface area contributed by atoms with Crippen molar-refractivity contribution in [1.82, 2.24) is 10.6 Å². The number of benzene rings is 2. The number of nitrogens with two attached hydrogens (primary N) is 1. The number of hydrogen-bond acceptors (Lipinski definition) is 5. The van der Waals surface area contributed by atoms with Gasteiger partial charge in [-0.15, -0.1) is 0 Å². The van der Waals surface area contributed by atoms with Crippen LogP contribution in [0, 0.1) is 0 Å². The van der Waals surface area contributed by atoms with Gasteiger partial charge in [0.25, 0.3) is 0 Å². The first kappa shape index (κ1) is 21.9. The summed E-state index contributed by atoms with van der Waals surface area (Å²) in [6.07, 6.45) is 0. The van der Waals surface area contributed by atoms with E-state index < -0.39 is 5.91 Å². The molecule has 0 heterocycles. The highest BCUT2D eigenvalue weighted by Crippen LogP contribution is 2.38. The van der Waals surface area contributed by atoms with Crippen molar-refractivity contribution in [2.45, 2.75) is 20.0 Å². The van der Waals surface area contributed by atoms with Crippen LogP contribution >= 0.6 is 0 Å². The van der Waals surface area contributed by atoms with E-state index in [2.05, 4.69) is 15.6 Å². The van der Waals surface area contributed by atoms with Crippen molar-refractivity contribution >= 4 is 11.9 Å². The molecule has 8 nitrogen and oxygen atoms in total. The van der Waals surface area contributed by atoms with Crippen LogP contribution in [-0.4, -0.2) is 39.7 Å². The van der Waals surface area contributed by atoms with Crippen LogP contribution in [0.25, 0.3) is 0 Å². The summed E-state index contributed by atoms with van der Waals surface area (Å²) >= 11 is 0. The van der Waals surface area contributed by atoms with Crippen LogP contribution in [0.3, 0.4) is 0 Å². The molecule has 0 aliphatic heterocycles. The normalized spacial score (nSPS) is 11.0. The molecule has 0 atom stereocenters. The first-order valence-corrected chi connectivity index (χ1v) is 9.22. The summed E-state index contributed by atoms with van der Waals surface area (Å²) in [5.74, 6) is 1.90. The molecule has 2 aromatic rings. The smallest absolute Gasteiger partial charge is 0.248 e. The lowest BCUT2D eigenvalue weighted by atomic mass is 10.1. The summed E-state index contributed by atoms with van der Waals surface area (Å²) in [6, 6.07) is 10.9. The number of primary amides is 1. The highest BCUT2D eigenvalue weighted by Gasteiger charge is 2.13. The Hall–Kier alpha value is -3.42. The van der Waals surface area contributed by atoms with Crippen LogP contribution in [-0.2, 0) is 13.1 Å². The summed E-state index contributed by atoms with van der Waals surface area (Å²) in [4.78, 5) is 16.0. The van der Waals surface area contributed by atoms with Crippen LogP contribution in [0.4, 0.5) is 0 Å². The number of carbonyl (C=O) groups is 1. The topological polar surface area (TPSA) is 107 Å². The Bertz CT molecular complexity index is 843. The molecule has 0 aliphatic rings. The molecule has 0 saturated carbocycles. The summed E-state index contributed by atoms with van der Waals surface area (Å²) in [5.41, 5.74) is 7.66. The van der Waals surface area contributed by atoms with Crippen molar-refractivity contribution in [3.63, 3.8) is 0 Å². The fraction of sp³-hybridized carbons (Fsp3) is 0.333. The lowest BCUT2D eigenvalue weighted by Gasteiger charge is -2.14. The van der Waals surface area contributed by atoms with Crippen molar-refractivity contribution in [2.75, 3.05) is 27.9 Å². The number of methoxy groups -OCH3 is 3. The summed E-state index contributed by atoms with van der Waals surface area (Å²) in [6.45, 7) is 3.61. The summed E-state index contributed by atoms with van der Waals surface area (Å²) in [5, 5.41) is 6.45. The minimum atomic E-state index is -0.449. The third kappa shape index (κ3) is 6.03. The summed E-state index contributed by atoms with van der Waals surface area (Å²) < 4.78 is 16.1. The van der Waals surface area contributed by atoms with Gasteiger partial charge < -0.3 is 30.6 Å². The van der Waals surface area contributed by atoms with E-state index in [4.69, 9.17) is 19.9 Å².